The molecule has 1 aromatic carbocycles. The maximum absolute atomic E-state index is 14.0. The van der Waals surface area contributed by atoms with Crippen molar-refractivity contribution < 1.29 is 12.8 Å². The number of hydrogen-bond acceptors (Lipinski definition) is 2. The first kappa shape index (κ1) is 16.2. The van der Waals surface area contributed by atoms with Crippen LogP contribution in [0.15, 0.2) is 18.2 Å². The van der Waals surface area contributed by atoms with Crippen LogP contribution >= 0.6 is 11.6 Å². The van der Waals surface area contributed by atoms with Crippen molar-refractivity contribution in [2.75, 3.05) is 13.1 Å². The zero-order chi connectivity index (χ0) is 15.7. The summed E-state index contributed by atoms with van der Waals surface area (Å²) in [6.45, 7) is 1.11. The number of hydrogen-bond donors (Lipinski definition) is 0. The van der Waals surface area contributed by atoms with Crippen LogP contribution in [0.3, 0.4) is 0 Å². The Kier molecular flexibility index (Phi) is 4.73. The summed E-state index contributed by atoms with van der Waals surface area (Å²) in [5.41, 5.74) is 0.261. The number of piperidine rings is 1. The van der Waals surface area contributed by atoms with Crippen molar-refractivity contribution in [3.63, 3.8) is 0 Å². The Hall–Kier alpha value is -0.690. The van der Waals surface area contributed by atoms with E-state index in [9.17, 15) is 12.8 Å². The Labute approximate surface area is 136 Å². The lowest BCUT2D eigenvalue weighted by Gasteiger charge is -2.32. The SMILES string of the molecule is O=S(=O)(N1CCCCC1)N(Cc1c(F)cccc1Cl)C1CC1. The predicted octanol–water partition coefficient (Wildman–Crippen LogP) is 3.17. The van der Waals surface area contributed by atoms with E-state index >= 15 is 0 Å². The lowest BCUT2D eigenvalue weighted by molar-refractivity contribution is 0.294. The van der Waals surface area contributed by atoms with Gasteiger partial charge >= 0.3 is 0 Å². The summed E-state index contributed by atoms with van der Waals surface area (Å²) in [5, 5.41) is 0.277. The van der Waals surface area contributed by atoms with E-state index in [1.807, 2.05) is 0 Å². The molecule has 0 aromatic heterocycles. The minimum atomic E-state index is -3.55. The fourth-order valence-electron chi connectivity index (χ4n) is 2.84. The second-order valence-electron chi connectivity index (χ2n) is 5.94. The maximum Gasteiger partial charge on any atom is 0.282 e. The highest BCUT2D eigenvalue weighted by atomic mass is 35.5. The molecule has 0 unspecified atom stereocenters. The molecule has 1 heterocycles. The minimum Gasteiger partial charge on any atom is -0.207 e. The quantitative estimate of drug-likeness (QED) is 0.821. The first-order chi connectivity index (χ1) is 10.5. The molecule has 0 atom stereocenters. The van der Waals surface area contributed by atoms with Crippen molar-refractivity contribution >= 4 is 21.8 Å². The largest absolute Gasteiger partial charge is 0.282 e. The maximum atomic E-state index is 14.0. The van der Waals surface area contributed by atoms with Crippen LogP contribution in [0.4, 0.5) is 4.39 Å². The second kappa shape index (κ2) is 6.43. The monoisotopic (exact) mass is 346 g/mol. The average molecular weight is 347 g/mol. The highest BCUT2D eigenvalue weighted by Crippen LogP contribution is 2.34. The first-order valence-electron chi connectivity index (χ1n) is 7.70. The van der Waals surface area contributed by atoms with Crippen LogP contribution in [0, 0.1) is 5.82 Å². The molecule has 2 fully saturated rings. The van der Waals surface area contributed by atoms with E-state index in [4.69, 9.17) is 11.6 Å². The van der Waals surface area contributed by atoms with Gasteiger partial charge in [0.05, 0.1) is 0 Å². The summed E-state index contributed by atoms with van der Waals surface area (Å²) in [5.74, 6) is -0.452. The van der Waals surface area contributed by atoms with E-state index in [-0.39, 0.29) is 23.2 Å². The predicted molar refractivity (Wildman–Crippen MR) is 84.3 cm³/mol. The zero-order valence-electron chi connectivity index (χ0n) is 12.3. The Morgan fingerprint density at radius 3 is 2.50 bits per heavy atom. The molecule has 22 heavy (non-hydrogen) atoms. The minimum absolute atomic E-state index is 0.00894. The molecule has 7 heteroatoms. The Morgan fingerprint density at radius 1 is 1.23 bits per heavy atom. The van der Waals surface area contributed by atoms with Gasteiger partial charge < -0.3 is 0 Å². The van der Waals surface area contributed by atoms with Gasteiger partial charge in [-0.2, -0.15) is 17.0 Å². The highest BCUT2D eigenvalue weighted by molar-refractivity contribution is 7.86. The number of nitrogens with zero attached hydrogens (tertiary/aromatic N) is 2. The van der Waals surface area contributed by atoms with Gasteiger partial charge in [0.15, 0.2) is 0 Å². The topological polar surface area (TPSA) is 40.6 Å². The smallest absolute Gasteiger partial charge is 0.207 e. The summed E-state index contributed by atoms with van der Waals surface area (Å²) in [6.07, 6.45) is 4.50. The molecule has 2 aliphatic rings. The number of benzene rings is 1. The molecule has 1 aliphatic heterocycles. The second-order valence-corrected chi connectivity index (χ2v) is 8.23. The van der Waals surface area contributed by atoms with E-state index in [0.29, 0.717) is 13.1 Å². The van der Waals surface area contributed by atoms with Crippen LogP contribution in [0.1, 0.15) is 37.7 Å². The third-order valence-corrected chi connectivity index (χ3v) is 6.66. The van der Waals surface area contributed by atoms with Crippen LogP contribution in [0.25, 0.3) is 0 Å². The van der Waals surface area contributed by atoms with Gasteiger partial charge in [-0.1, -0.05) is 24.1 Å². The van der Waals surface area contributed by atoms with Crippen molar-refractivity contribution in [3.05, 3.63) is 34.6 Å². The van der Waals surface area contributed by atoms with E-state index in [2.05, 4.69) is 0 Å². The van der Waals surface area contributed by atoms with Crippen molar-refractivity contribution in [3.8, 4) is 0 Å². The molecule has 1 saturated carbocycles. The van der Waals surface area contributed by atoms with E-state index < -0.39 is 16.0 Å². The standard InChI is InChI=1S/C15H20ClFN2O2S/c16-14-5-4-6-15(17)13(14)11-19(12-7-8-12)22(20,21)18-9-2-1-3-10-18/h4-6,12H,1-3,7-11H2. The normalized spacial score (nSPS) is 20.5. The summed E-state index contributed by atoms with van der Waals surface area (Å²) in [4.78, 5) is 0. The molecule has 0 bridgehead atoms. The van der Waals surface area contributed by atoms with Crippen molar-refractivity contribution in [2.24, 2.45) is 0 Å². The summed E-state index contributed by atoms with van der Waals surface area (Å²) < 4.78 is 42.7. The molecule has 122 valence electrons. The lowest BCUT2D eigenvalue weighted by Crippen LogP contribution is -2.46. The van der Waals surface area contributed by atoms with Crippen molar-refractivity contribution in [1.82, 2.24) is 8.61 Å². The Bertz CT molecular complexity index is 623. The molecule has 4 nitrogen and oxygen atoms in total. The van der Waals surface area contributed by atoms with Crippen molar-refractivity contribution in [1.29, 1.82) is 0 Å². The molecule has 0 radical (unpaired) electrons. The van der Waals surface area contributed by atoms with Gasteiger partial charge in [-0.15, -0.1) is 0 Å². The van der Waals surface area contributed by atoms with Crippen LogP contribution in [-0.4, -0.2) is 36.2 Å². The van der Waals surface area contributed by atoms with Crippen LogP contribution < -0.4 is 0 Å². The van der Waals surface area contributed by atoms with Gasteiger partial charge in [-0.3, -0.25) is 0 Å². The van der Waals surface area contributed by atoms with Gasteiger partial charge in [0.2, 0.25) is 0 Å². The number of halogens is 2. The number of rotatable bonds is 5. The van der Waals surface area contributed by atoms with Crippen molar-refractivity contribution in [2.45, 2.75) is 44.7 Å². The first-order valence-corrected chi connectivity index (χ1v) is 9.47. The molecule has 0 amide bonds. The molecular formula is C15H20ClFN2O2S. The Balaban J connectivity index is 1.87. The molecule has 3 rings (SSSR count). The van der Waals surface area contributed by atoms with Gasteiger partial charge in [0.1, 0.15) is 5.82 Å². The fraction of sp³-hybridized carbons (Fsp3) is 0.600. The third-order valence-electron chi connectivity index (χ3n) is 4.27. The third kappa shape index (κ3) is 3.30. The van der Waals surface area contributed by atoms with Crippen LogP contribution in [0.2, 0.25) is 5.02 Å². The average Bonchev–Trinajstić information content (AvgIpc) is 3.32. The molecule has 1 saturated heterocycles. The van der Waals surface area contributed by atoms with Gasteiger partial charge in [-0.05, 0) is 37.8 Å². The van der Waals surface area contributed by atoms with Crippen LogP contribution in [0.5, 0.6) is 0 Å². The lowest BCUT2D eigenvalue weighted by atomic mass is 10.2. The molecule has 0 N–H and O–H groups in total. The van der Waals surface area contributed by atoms with Gasteiger partial charge in [-0.25, -0.2) is 4.39 Å². The highest BCUT2D eigenvalue weighted by Gasteiger charge is 2.41. The Morgan fingerprint density at radius 2 is 1.91 bits per heavy atom. The fourth-order valence-corrected chi connectivity index (χ4v) is 4.96. The van der Waals surface area contributed by atoms with Gasteiger partial charge in [0.25, 0.3) is 10.2 Å². The van der Waals surface area contributed by atoms with Crippen LogP contribution in [-0.2, 0) is 16.8 Å². The van der Waals surface area contributed by atoms with E-state index in [0.717, 1.165) is 32.1 Å². The summed E-state index contributed by atoms with van der Waals surface area (Å²) in [7, 11) is -3.55. The molecule has 0 spiro atoms. The molecule has 1 aromatic rings. The van der Waals surface area contributed by atoms with E-state index in [1.54, 1.807) is 6.07 Å². The summed E-state index contributed by atoms with van der Waals surface area (Å²) >= 11 is 6.06. The molecular weight excluding hydrogens is 327 g/mol. The zero-order valence-corrected chi connectivity index (χ0v) is 13.9. The molecule has 1 aliphatic carbocycles. The summed E-state index contributed by atoms with van der Waals surface area (Å²) in [6, 6.07) is 4.42. The van der Waals surface area contributed by atoms with E-state index in [1.165, 1.54) is 20.7 Å². The van der Waals surface area contributed by atoms with Gasteiger partial charge in [0, 0.05) is 36.3 Å².